The van der Waals surface area contributed by atoms with Crippen molar-refractivity contribution >= 4 is 69.1 Å². The largest absolute Gasteiger partial charge is 0.328 e. The van der Waals surface area contributed by atoms with Crippen LogP contribution in [0.1, 0.15) is 47.2 Å². The minimum Gasteiger partial charge on any atom is -0.290 e. The van der Waals surface area contributed by atoms with Crippen LogP contribution >= 0.6 is 11.3 Å². The number of benzene rings is 3. The van der Waals surface area contributed by atoms with Crippen LogP contribution in [0.4, 0.5) is 26.0 Å². The van der Waals surface area contributed by atoms with Gasteiger partial charge in [0.2, 0.25) is 0 Å². The van der Waals surface area contributed by atoms with Crippen LogP contribution in [-0.4, -0.2) is 45.4 Å². The fourth-order valence-electron chi connectivity index (χ4n) is 4.79. The zero-order valence-corrected chi connectivity index (χ0v) is 23.1. The van der Waals surface area contributed by atoms with E-state index in [0.717, 1.165) is 35.3 Å². The average Bonchev–Trinajstić information content (AvgIpc) is 3.66. The lowest BCUT2D eigenvalue weighted by atomic mass is 9.93. The Hall–Kier alpha value is -4.91. The lowest BCUT2D eigenvalue weighted by Gasteiger charge is -2.23. The van der Waals surface area contributed by atoms with Gasteiger partial charge < -0.3 is 0 Å². The molecule has 13 heteroatoms. The second kappa shape index (κ2) is 11.9. The molecule has 0 spiro atoms. The van der Waals surface area contributed by atoms with Crippen LogP contribution in [0.2, 0.25) is 0 Å². The second-order valence-corrected chi connectivity index (χ2v) is 10.8. The first-order chi connectivity index (χ1) is 20.4. The monoisotopic (exact) mass is 578 g/mol. The van der Waals surface area contributed by atoms with E-state index in [1.54, 1.807) is 35.2 Å². The van der Waals surface area contributed by atoms with E-state index in [1.807, 2.05) is 24.3 Å². The standard InChI is InChI=1S/C29H24BFN8O2S/c30-21-14-23(31)25-24(15-21)32-28(42-25)34-29(41)39(22-12-10-19(11-13-22)18-4-2-1-3-5-18)16-17-6-8-20(9-7-17)26(40)33-27-35-37-38-36-27/h4,6-15H,1-3,5,16H2,(H,32,34,41)(H2,33,35,36,37,38,40). The van der Waals surface area contributed by atoms with E-state index < -0.39 is 17.8 Å². The van der Waals surface area contributed by atoms with Crippen LogP contribution < -0.4 is 21.0 Å². The van der Waals surface area contributed by atoms with Gasteiger partial charge in [0, 0.05) is 11.3 Å². The number of amides is 3. The number of carbonyl (C=O) groups excluding carboxylic acids is 2. The highest BCUT2D eigenvalue weighted by atomic mass is 32.1. The van der Waals surface area contributed by atoms with Crippen LogP contribution in [0.3, 0.4) is 0 Å². The molecule has 0 saturated carbocycles. The molecule has 1 aliphatic rings. The summed E-state index contributed by atoms with van der Waals surface area (Å²) in [6.45, 7) is 0.201. The number of rotatable bonds is 7. The maximum absolute atomic E-state index is 14.4. The summed E-state index contributed by atoms with van der Waals surface area (Å²) in [6, 6.07) is 17.1. The molecule has 1 aliphatic carbocycles. The smallest absolute Gasteiger partial charge is 0.290 e. The van der Waals surface area contributed by atoms with Gasteiger partial charge in [0.15, 0.2) is 5.13 Å². The van der Waals surface area contributed by atoms with Crippen molar-refractivity contribution in [2.45, 2.75) is 32.2 Å². The molecule has 0 aliphatic heterocycles. The summed E-state index contributed by atoms with van der Waals surface area (Å²) >= 11 is 1.04. The van der Waals surface area contributed by atoms with E-state index in [2.05, 4.69) is 42.3 Å². The van der Waals surface area contributed by atoms with Crippen LogP contribution in [0.25, 0.3) is 15.8 Å². The van der Waals surface area contributed by atoms with Gasteiger partial charge in [-0.3, -0.25) is 20.3 Å². The molecular weight excluding hydrogens is 554 g/mol. The number of urea groups is 1. The highest BCUT2D eigenvalue weighted by Crippen LogP contribution is 2.30. The minimum absolute atomic E-state index is 0.0665. The van der Waals surface area contributed by atoms with Gasteiger partial charge >= 0.3 is 6.03 Å². The maximum atomic E-state index is 14.4. The summed E-state index contributed by atoms with van der Waals surface area (Å²) in [4.78, 5) is 32.1. The Morgan fingerprint density at radius 1 is 1.05 bits per heavy atom. The fraction of sp³-hybridized carbons (Fsp3) is 0.172. The summed E-state index contributed by atoms with van der Waals surface area (Å²) in [5.74, 6) is -0.818. The molecular formula is C29H24BFN8O2S. The zero-order valence-electron chi connectivity index (χ0n) is 22.3. The van der Waals surface area contributed by atoms with Crippen molar-refractivity contribution in [2.24, 2.45) is 0 Å². The van der Waals surface area contributed by atoms with Crippen molar-refractivity contribution < 1.29 is 14.0 Å². The Morgan fingerprint density at radius 3 is 2.57 bits per heavy atom. The Kier molecular flexibility index (Phi) is 7.73. The average molecular weight is 578 g/mol. The number of halogens is 1. The zero-order chi connectivity index (χ0) is 29.1. The molecule has 42 heavy (non-hydrogen) atoms. The predicted octanol–water partition coefficient (Wildman–Crippen LogP) is 5.19. The molecule has 0 atom stereocenters. The van der Waals surface area contributed by atoms with E-state index in [9.17, 15) is 14.0 Å². The normalized spacial score (nSPS) is 13.0. The lowest BCUT2D eigenvalue weighted by Crippen LogP contribution is -2.34. The number of fused-ring (bicyclic) bond motifs is 1. The number of thiazole rings is 1. The predicted molar refractivity (Wildman–Crippen MR) is 162 cm³/mol. The highest BCUT2D eigenvalue weighted by molar-refractivity contribution is 7.22. The number of anilines is 3. The van der Waals surface area contributed by atoms with Gasteiger partial charge in [0.25, 0.3) is 11.9 Å². The number of hydrogen-bond donors (Lipinski definition) is 3. The Labute approximate surface area is 245 Å². The number of hydrogen-bond acceptors (Lipinski definition) is 7. The molecule has 3 aromatic carbocycles. The topological polar surface area (TPSA) is 129 Å². The summed E-state index contributed by atoms with van der Waals surface area (Å²) in [5.41, 5.74) is 4.92. The molecule has 3 amide bonds. The number of nitrogens with zero attached hydrogens (tertiary/aromatic N) is 5. The molecule has 6 rings (SSSR count). The van der Waals surface area contributed by atoms with E-state index in [-0.39, 0.29) is 23.1 Å². The third-order valence-corrected chi connectivity index (χ3v) is 7.89. The molecule has 3 N–H and O–H groups in total. The van der Waals surface area contributed by atoms with Gasteiger partial charge in [-0.15, -0.1) is 5.10 Å². The Bertz CT molecular complexity index is 1770. The van der Waals surface area contributed by atoms with Crippen LogP contribution in [0, 0.1) is 5.82 Å². The van der Waals surface area contributed by atoms with E-state index in [0.29, 0.717) is 21.5 Å². The number of aromatic amines is 1. The first kappa shape index (κ1) is 27.3. The Balaban J connectivity index is 1.25. The van der Waals surface area contributed by atoms with Gasteiger partial charge in [-0.05, 0) is 84.0 Å². The first-order valence-corrected chi connectivity index (χ1v) is 14.1. The van der Waals surface area contributed by atoms with Crippen molar-refractivity contribution in [3.05, 3.63) is 89.2 Å². The number of allylic oxidation sites excluding steroid dienone is 2. The van der Waals surface area contributed by atoms with Crippen molar-refractivity contribution in [3.8, 4) is 0 Å². The fourth-order valence-corrected chi connectivity index (χ4v) is 5.63. The molecule has 2 radical (unpaired) electrons. The van der Waals surface area contributed by atoms with E-state index in [4.69, 9.17) is 7.85 Å². The lowest BCUT2D eigenvalue weighted by molar-refractivity contribution is 0.102. The molecule has 208 valence electrons. The van der Waals surface area contributed by atoms with Crippen LogP contribution in [0.15, 0.2) is 66.7 Å². The third kappa shape index (κ3) is 6.05. The van der Waals surface area contributed by atoms with E-state index in [1.165, 1.54) is 24.5 Å². The molecule has 0 bridgehead atoms. The molecule has 0 fully saturated rings. The van der Waals surface area contributed by atoms with Gasteiger partial charge in [0.1, 0.15) is 13.7 Å². The second-order valence-electron chi connectivity index (χ2n) is 9.79. The van der Waals surface area contributed by atoms with E-state index >= 15 is 0 Å². The molecule has 2 heterocycles. The van der Waals surface area contributed by atoms with Gasteiger partial charge in [-0.2, -0.15) is 5.21 Å². The van der Waals surface area contributed by atoms with Crippen molar-refractivity contribution in [3.63, 3.8) is 0 Å². The maximum Gasteiger partial charge on any atom is 0.328 e. The molecule has 10 nitrogen and oxygen atoms in total. The molecule has 5 aromatic rings. The summed E-state index contributed by atoms with van der Waals surface area (Å²) in [6.07, 6.45) is 6.76. The van der Waals surface area contributed by atoms with Crippen molar-refractivity contribution in [2.75, 3.05) is 15.5 Å². The summed E-state index contributed by atoms with van der Waals surface area (Å²) in [7, 11) is 5.76. The highest BCUT2D eigenvalue weighted by Gasteiger charge is 2.20. The number of aromatic nitrogens is 5. The van der Waals surface area contributed by atoms with Crippen LogP contribution in [-0.2, 0) is 6.54 Å². The van der Waals surface area contributed by atoms with Crippen LogP contribution in [0.5, 0.6) is 0 Å². The molecule has 2 aromatic heterocycles. The first-order valence-electron chi connectivity index (χ1n) is 13.3. The van der Waals surface area contributed by atoms with Gasteiger partial charge in [-0.1, -0.05) is 52.2 Å². The van der Waals surface area contributed by atoms with Gasteiger partial charge in [-0.25, -0.2) is 14.2 Å². The summed E-state index contributed by atoms with van der Waals surface area (Å²) < 4.78 is 14.7. The summed E-state index contributed by atoms with van der Waals surface area (Å²) in [5, 5.41) is 18.7. The van der Waals surface area contributed by atoms with Crippen molar-refractivity contribution in [1.82, 2.24) is 25.6 Å². The van der Waals surface area contributed by atoms with Gasteiger partial charge in [0.05, 0.1) is 16.8 Å². The SMILES string of the molecule is [B]c1cc(F)c2sc(NC(=O)N(Cc3ccc(C(=O)Nc4nn[nH]n4)cc3)c3ccc(C4=CCCCC4)cc3)nc2c1. The third-order valence-electron chi connectivity index (χ3n) is 6.89. The number of tetrazole rings is 1. The number of H-pyrrole nitrogens is 1. The molecule has 0 unspecified atom stereocenters. The quantitative estimate of drug-likeness (QED) is 0.228. The Morgan fingerprint density at radius 2 is 1.86 bits per heavy atom. The minimum atomic E-state index is -0.490. The number of nitrogens with one attached hydrogen (secondary N) is 3. The van der Waals surface area contributed by atoms with Crippen molar-refractivity contribution in [1.29, 1.82) is 0 Å². The number of carbonyl (C=O) groups is 2. The molecule has 0 saturated heterocycles.